The van der Waals surface area contributed by atoms with Crippen LogP contribution < -0.4 is 0 Å². The number of ketones is 1. The van der Waals surface area contributed by atoms with Crippen molar-refractivity contribution in [3.05, 3.63) is 87.4 Å². The molecule has 2 rings (SSSR count). The molecule has 0 radical (unpaired) electrons. The van der Waals surface area contributed by atoms with Gasteiger partial charge in [0.25, 0.3) is 0 Å². The van der Waals surface area contributed by atoms with Crippen LogP contribution in [0, 0.1) is 0 Å². The topological polar surface area (TPSA) is 94.9 Å². The van der Waals surface area contributed by atoms with Crippen LogP contribution in [0.15, 0.2) is 60.7 Å². The van der Waals surface area contributed by atoms with Crippen molar-refractivity contribution in [1.82, 2.24) is 4.90 Å². The quantitative estimate of drug-likeness (QED) is 0.471. The molecule has 0 aliphatic carbocycles. The van der Waals surface area contributed by atoms with Crippen molar-refractivity contribution in [2.24, 2.45) is 0 Å². The Morgan fingerprint density at radius 3 is 1.93 bits per heavy atom. The lowest BCUT2D eigenvalue weighted by Gasteiger charge is -2.09. The highest BCUT2D eigenvalue weighted by Crippen LogP contribution is 2.22. The molecule has 2 aromatic rings. The molecule has 0 saturated heterocycles. The summed E-state index contributed by atoms with van der Waals surface area (Å²) in [5.41, 5.74) is 2.60. The van der Waals surface area contributed by atoms with Gasteiger partial charge in [0.05, 0.1) is 0 Å². The summed E-state index contributed by atoms with van der Waals surface area (Å²) in [6.45, 7) is 0.852. The van der Waals surface area contributed by atoms with Crippen LogP contribution in [0.2, 0.25) is 10.0 Å². The number of carboxylic acids is 2. The number of benzene rings is 2. The fourth-order valence-corrected chi connectivity index (χ4v) is 2.65. The van der Waals surface area contributed by atoms with Crippen LogP contribution in [0.1, 0.15) is 21.5 Å². The standard InChI is InChI=1S/C18H17Cl2NO.C4H4O4/c1-21(2)12-13-3-5-15(6-4-13)18(22)10-8-14-7-9-16(19)11-17(14)20;5-3(6)1-2-4(7)8/h3-11H,12H2,1-2H3;1-2H,(H,5,6)(H,7,8)/b10-8+;2-1+. The van der Waals surface area contributed by atoms with Crippen LogP contribution in [0.4, 0.5) is 0 Å². The Kier molecular flexibility index (Phi) is 10.5. The minimum atomic E-state index is -1.26. The van der Waals surface area contributed by atoms with Gasteiger partial charge in [-0.15, -0.1) is 0 Å². The van der Waals surface area contributed by atoms with Crippen molar-refractivity contribution in [1.29, 1.82) is 0 Å². The highest BCUT2D eigenvalue weighted by atomic mass is 35.5. The summed E-state index contributed by atoms with van der Waals surface area (Å²) < 4.78 is 0. The van der Waals surface area contributed by atoms with Gasteiger partial charge in [-0.2, -0.15) is 0 Å². The molecule has 0 heterocycles. The predicted molar refractivity (Wildman–Crippen MR) is 118 cm³/mol. The van der Waals surface area contributed by atoms with Gasteiger partial charge >= 0.3 is 11.9 Å². The molecule has 2 aromatic carbocycles. The fourth-order valence-electron chi connectivity index (χ4n) is 2.18. The molecule has 0 aliphatic heterocycles. The van der Waals surface area contributed by atoms with E-state index in [-0.39, 0.29) is 5.78 Å². The number of nitrogens with zero attached hydrogens (tertiary/aromatic N) is 1. The van der Waals surface area contributed by atoms with Crippen LogP contribution in [0.3, 0.4) is 0 Å². The molecule has 0 atom stereocenters. The Labute approximate surface area is 184 Å². The highest BCUT2D eigenvalue weighted by molar-refractivity contribution is 6.35. The average Bonchev–Trinajstić information content (AvgIpc) is 2.66. The summed E-state index contributed by atoms with van der Waals surface area (Å²) >= 11 is 11.9. The third-order valence-corrected chi connectivity index (χ3v) is 4.04. The number of hydrogen-bond acceptors (Lipinski definition) is 4. The maximum absolute atomic E-state index is 12.2. The number of hydrogen-bond donors (Lipinski definition) is 2. The van der Waals surface area contributed by atoms with E-state index in [1.54, 1.807) is 24.3 Å². The third kappa shape index (κ3) is 10.0. The van der Waals surface area contributed by atoms with E-state index in [9.17, 15) is 14.4 Å². The number of rotatable bonds is 7. The van der Waals surface area contributed by atoms with E-state index < -0.39 is 11.9 Å². The lowest BCUT2D eigenvalue weighted by Crippen LogP contribution is -2.10. The first-order valence-electron chi connectivity index (χ1n) is 8.63. The normalized spacial score (nSPS) is 10.8. The molecule has 0 unspecified atom stereocenters. The van der Waals surface area contributed by atoms with Crippen LogP contribution in [0.5, 0.6) is 0 Å². The molecule has 158 valence electrons. The van der Waals surface area contributed by atoms with Crippen molar-refractivity contribution in [3.8, 4) is 0 Å². The molecule has 0 aliphatic rings. The Balaban J connectivity index is 0.000000479. The summed E-state index contributed by atoms with van der Waals surface area (Å²) in [6, 6.07) is 12.8. The lowest BCUT2D eigenvalue weighted by molar-refractivity contribution is -0.134. The number of carbonyl (C=O) groups is 3. The first-order valence-corrected chi connectivity index (χ1v) is 9.39. The van der Waals surface area contributed by atoms with Crippen molar-refractivity contribution >= 4 is 47.0 Å². The smallest absolute Gasteiger partial charge is 0.328 e. The molecular formula is C22H21Cl2NO5. The number of carboxylic acid groups (broad SMARTS) is 2. The fraction of sp³-hybridized carbons (Fsp3) is 0.136. The zero-order valence-electron chi connectivity index (χ0n) is 16.4. The average molecular weight is 450 g/mol. The van der Waals surface area contributed by atoms with Gasteiger partial charge in [0, 0.05) is 34.3 Å². The maximum Gasteiger partial charge on any atom is 0.328 e. The van der Waals surface area contributed by atoms with E-state index in [1.807, 2.05) is 38.4 Å². The second-order valence-corrected chi connectivity index (χ2v) is 7.15. The molecule has 0 bridgehead atoms. The van der Waals surface area contributed by atoms with Crippen LogP contribution >= 0.6 is 23.2 Å². The molecule has 0 spiro atoms. The minimum absolute atomic E-state index is 0.0533. The molecule has 30 heavy (non-hydrogen) atoms. The summed E-state index contributed by atoms with van der Waals surface area (Å²) in [5, 5.41) is 16.7. The molecule has 0 aromatic heterocycles. The first kappa shape index (κ1) is 25.1. The zero-order chi connectivity index (χ0) is 22.7. The molecule has 0 saturated carbocycles. The molecule has 6 nitrogen and oxygen atoms in total. The van der Waals surface area contributed by atoms with Gasteiger partial charge in [-0.3, -0.25) is 4.79 Å². The highest BCUT2D eigenvalue weighted by Gasteiger charge is 2.04. The predicted octanol–water partition coefficient (Wildman–Crippen LogP) is 4.66. The minimum Gasteiger partial charge on any atom is -0.478 e. The number of aliphatic carboxylic acids is 2. The molecule has 2 N–H and O–H groups in total. The Morgan fingerprint density at radius 2 is 1.47 bits per heavy atom. The molecule has 0 amide bonds. The first-order chi connectivity index (χ1) is 14.1. The number of allylic oxidation sites excluding steroid dienone is 1. The van der Waals surface area contributed by atoms with Gasteiger partial charge in [-0.1, -0.05) is 53.5 Å². The third-order valence-electron chi connectivity index (χ3n) is 3.48. The van der Waals surface area contributed by atoms with E-state index in [4.69, 9.17) is 33.4 Å². The summed E-state index contributed by atoms with van der Waals surface area (Å²) in [6.07, 6.45) is 4.34. The molecule has 8 heteroatoms. The van der Waals surface area contributed by atoms with E-state index in [0.717, 1.165) is 12.1 Å². The number of carbonyl (C=O) groups excluding carboxylic acids is 1. The van der Waals surface area contributed by atoms with E-state index in [1.165, 1.54) is 11.6 Å². The van der Waals surface area contributed by atoms with Gasteiger partial charge in [-0.25, -0.2) is 9.59 Å². The Bertz CT molecular complexity index is 935. The van der Waals surface area contributed by atoms with E-state index in [2.05, 4.69) is 4.90 Å². The summed E-state index contributed by atoms with van der Waals surface area (Å²) in [4.78, 5) is 33.4. The number of halogens is 2. The van der Waals surface area contributed by atoms with Gasteiger partial charge in [0.15, 0.2) is 5.78 Å². The van der Waals surface area contributed by atoms with E-state index in [0.29, 0.717) is 27.8 Å². The SMILES string of the molecule is CN(C)Cc1ccc(C(=O)/C=C/c2ccc(Cl)cc2Cl)cc1.O=C(O)/C=C/C(=O)O. The van der Waals surface area contributed by atoms with Gasteiger partial charge in [0.2, 0.25) is 0 Å². The van der Waals surface area contributed by atoms with Crippen LogP contribution in [-0.2, 0) is 16.1 Å². The van der Waals surface area contributed by atoms with Crippen LogP contribution in [-0.4, -0.2) is 46.9 Å². The Morgan fingerprint density at radius 1 is 0.900 bits per heavy atom. The molecule has 0 fully saturated rings. The van der Waals surface area contributed by atoms with Crippen molar-refractivity contribution in [3.63, 3.8) is 0 Å². The van der Waals surface area contributed by atoms with Gasteiger partial charge < -0.3 is 15.1 Å². The van der Waals surface area contributed by atoms with Crippen molar-refractivity contribution in [2.45, 2.75) is 6.54 Å². The van der Waals surface area contributed by atoms with Gasteiger partial charge in [-0.05, 0) is 49.5 Å². The van der Waals surface area contributed by atoms with Crippen molar-refractivity contribution in [2.75, 3.05) is 14.1 Å². The van der Waals surface area contributed by atoms with Crippen LogP contribution in [0.25, 0.3) is 6.08 Å². The monoisotopic (exact) mass is 449 g/mol. The lowest BCUT2D eigenvalue weighted by atomic mass is 10.1. The second-order valence-electron chi connectivity index (χ2n) is 6.31. The summed E-state index contributed by atoms with van der Waals surface area (Å²) in [7, 11) is 4.02. The van der Waals surface area contributed by atoms with E-state index >= 15 is 0 Å². The zero-order valence-corrected chi connectivity index (χ0v) is 17.9. The second kappa shape index (κ2) is 12.6. The van der Waals surface area contributed by atoms with Gasteiger partial charge in [0.1, 0.15) is 0 Å². The Hall–Kier alpha value is -2.93. The van der Waals surface area contributed by atoms with Crippen molar-refractivity contribution < 1.29 is 24.6 Å². The maximum atomic E-state index is 12.2. The molecular weight excluding hydrogens is 429 g/mol. The summed E-state index contributed by atoms with van der Waals surface area (Å²) in [5.74, 6) is -2.57. The largest absolute Gasteiger partial charge is 0.478 e.